The number of likely N-dealkylation sites (tertiary alicyclic amines) is 1. The van der Waals surface area contributed by atoms with E-state index in [0.29, 0.717) is 18.3 Å². The van der Waals surface area contributed by atoms with E-state index in [1.807, 2.05) is 17.3 Å². The first-order chi connectivity index (χ1) is 15.2. The SMILES string of the molecule is Cc1nc(C2CCN(Cc3ncc[nH]3)CC2)nc2c1CCC(=O)N2CC1CCCCC1. The minimum atomic E-state index is 0.246. The van der Waals surface area contributed by atoms with Crippen LogP contribution in [0.4, 0.5) is 5.82 Å². The molecule has 3 aliphatic rings. The number of anilines is 1. The van der Waals surface area contributed by atoms with Gasteiger partial charge in [-0.1, -0.05) is 19.3 Å². The van der Waals surface area contributed by atoms with Gasteiger partial charge in [-0.3, -0.25) is 14.6 Å². The molecule has 1 N–H and O–H groups in total. The molecule has 5 rings (SSSR count). The number of aromatic nitrogens is 4. The summed E-state index contributed by atoms with van der Waals surface area (Å²) in [6, 6.07) is 0. The van der Waals surface area contributed by atoms with Gasteiger partial charge >= 0.3 is 0 Å². The van der Waals surface area contributed by atoms with E-state index in [1.54, 1.807) is 0 Å². The Morgan fingerprint density at radius 2 is 1.87 bits per heavy atom. The van der Waals surface area contributed by atoms with Gasteiger partial charge < -0.3 is 4.98 Å². The molecule has 0 bridgehead atoms. The molecule has 1 saturated carbocycles. The second-order valence-corrected chi connectivity index (χ2v) is 9.56. The Morgan fingerprint density at radius 3 is 2.61 bits per heavy atom. The monoisotopic (exact) mass is 422 g/mol. The molecule has 1 aliphatic carbocycles. The molecule has 4 heterocycles. The molecule has 0 aromatic carbocycles. The van der Waals surface area contributed by atoms with Crippen molar-refractivity contribution in [2.24, 2.45) is 5.92 Å². The highest BCUT2D eigenvalue weighted by Crippen LogP contribution is 2.34. The molecule has 166 valence electrons. The van der Waals surface area contributed by atoms with Crippen molar-refractivity contribution in [3.8, 4) is 0 Å². The van der Waals surface area contributed by atoms with Crippen LogP contribution in [0.25, 0.3) is 0 Å². The summed E-state index contributed by atoms with van der Waals surface area (Å²) in [5.41, 5.74) is 2.26. The van der Waals surface area contributed by atoms with Crippen molar-refractivity contribution in [1.29, 1.82) is 0 Å². The standard InChI is InChI=1S/C24H34N6O/c1-17-20-7-8-22(31)30(15-18-5-3-2-4-6-18)24(20)28-23(27-17)19-9-13-29(14-10-19)16-21-25-11-12-26-21/h11-12,18-19H,2-10,13-16H2,1H3,(H,25,26). The Labute approximate surface area is 184 Å². The van der Waals surface area contributed by atoms with Crippen LogP contribution in [-0.2, 0) is 17.8 Å². The highest BCUT2D eigenvalue weighted by Gasteiger charge is 2.32. The lowest BCUT2D eigenvalue weighted by Gasteiger charge is -2.35. The molecule has 31 heavy (non-hydrogen) atoms. The van der Waals surface area contributed by atoms with Crippen molar-refractivity contribution in [2.75, 3.05) is 24.5 Å². The molecule has 2 aromatic heterocycles. The molecule has 2 fully saturated rings. The van der Waals surface area contributed by atoms with Gasteiger partial charge in [-0.25, -0.2) is 15.0 Å². The largest absolute Gasteiger partial charge is 0.348 e. The Kier molecular flexibility index (Phi) is 6.03. The molecular formula is C24H34N6O. The Bertz CT molecular complexity index is 897. The smallest absolute Gasteiger partial charge is 0.228 e. The number of aromatic amines is 1. The number of hydrogen-bond donors (Lipinski definition) is 1. The summed E-state index contributed by atoms with van der Waals surface area (Å²) in [6.07, 6.45) is 13.6. The number of hydrogen-bond acceptors (Lipinski definition) is 5. The van der Waals surface area contributed by atoms with Crippen LogP contribution in [0.3, 0.4) is 0 Å². The lowest BCUT2D eigenvalue weighted by molar-refractivity contribution is -0.119. The van der Waals surface area contributed by atoms with Crippen molar-refractivity contribution >= 4 is 11.7 Å². The number of aryl methyl sites for hydroxylation is 1. The predicted octanol–water partition coefficient (Wildman–Crippen LogP) is 3.75. The van der Waals surface area contributed by atoms with E-state index < -0.39 is 0 Å². The second kappa shape index (κ2) is 9.07. The maximum atomic E-state index is 12.9. The van der Waals surface area contributed by atoms with Crippen LogP contribution in [0.15, 0.2) is 12.4 Å². The number of piperidine rings is 1. The molecule has 0 atom stereocenters. The highest BCUT2D eigenvalue weighted by atomic mass is 16.2. The minimum Gasteiger partial charge on any atom is -0.348 e. The Balaban J connectivity index is 1.31. The summed E-state index contributed by atoms with van der Waals surface area (Å²) in [7, 11) is 0. The third-order valence-electron chi connectivity index (χ3n) is 7.40. The van der Waals surface area contributed by atoms with Gasteiger partial charge in [0, 0.05) is 42.5 Å². The van der Waals surface area contributed by atoms with Crippen LogP contribution in [0.5, 0.6) is 0 Å². The summed E-state index contributed by atoms with van der Waals surface area (Å²) in [5, 5.41) is 0. The summed E-state index contributed by atoms with van der Waals surface area (Å²) < 4.78 is 0. The fourth-order valence-electron chi connectivity index (χ4n) is 5.55. The molecular weight excluding hydrogens is 388 g/mol. The molecule has 7 nitrogen and oxygen atoms in total. The van der Waals surface area contributed by atoms with E-state index >= 15 is 0 Å². The van der Waals surface area contributed by atoms with Crippen LogP contribution in [0.1, 0.15) is 80.2 Å². The lowest BCUT2D eigenvalue weighted by atomic mass is 9.88. The van der Waals surface area contributed by atoms with E-state index in [0.717, 1.165) is 68.6 Å². The third kappa shape index (κ3) is 4.52. The lowest BCUT2D eigenvalue weighted by Crippen LogP contribution is -2.41. The molecule has 1 saturated heterocycles. The summed E-state index contributed by atoms with van der Waals surface area (Å²) in [4.78, 5) is 34.9. The number of rotatable bonds is 5. The maximum absolute atomic E-state index is 12.9. The van der Waals surface area contributed by atoms with Gasteiger partial charge in [0.15, 0.2) is 0 Å². The third-order valence-corrected chi connectivity index (χ3v) is 7.40. The fourth-order valence-corrected chi connectivity index (χ4v) is 5.55. The minimum absolute atomic E-state index is 0.246. The van der Waals surface area contributed by atoms with Gasteiger partial charge in [0.25, 0.3) is 0 Å². The van der Waals surface area contributed by atoms with Gasteiger partial charge in [0.1, 0.15) is 17.5 Å². The number of H-pyrrole nitrogens is 1. The molecule has 0 spiro atoms. The number of carbonyl (C=O) groups excluding carboxylic acids is 1. The van der Waals surface area contributed by atoms with Crippen molar-refractivity contribution in [3.05, 3.63) is 35.3 Å². The topological polar surface area (TPSA) is 78.0 Å². The average Bonchev–Trinajstić information content (AvgIpc) is 3.30. The molecule has 1 amide bonds. The van der Waals surface area contributed by atoms with Crippen LogP contribution >= 0.6 is 0 Å². The number of fused-ring (bicyclic) bond motifs is 1. The molecule has 0 unspecified atom stereocenters. The number of imidazole rings is 1. The zero-order chi connectivity index (χ0) is 21.2. The normalized spacial score (nSPS) is 21.5. The number of nitrogens with one attached hydrogen (secondary N) is 1. The summed E-state index contributed by atoms with van der Waals surface area (Å²) in [5.74, 6) is 4.11. The van der Waals surface area contributed by atoms with Crippen LogP contribution in [-0.4, -0.2) is 50.4 Å². The summed E-state index contributed by atoms with van der Waals surface area (Å²) in [6.45, 7) is 5.85. The zero-order valence-electron chi connectivity index (χ0n) is 18.6. The maximum Gasteiger partial charge on any atom is 0.228 e. The fraction of sp³-hybridized carbons (Fsp3) is 0.667. The van der Waals surface area contributed by atoms with Crippen LogP contribution in [0.2, 0.25) is 0 Å². The van der Waals surface area contributed by atoms with Gasteiger partial charge in [-0.2, -0.15) is 0 Å². The van der Waals surface area contributed by atoms with E-state index in [-0.39, 0.29) is 5.91 Å². The van der Waals surface area contributed by atoms with E-state index in [2.05, 4.69) is 21.8 Å². The molecule has 2 aliphatic heterocycles. The van der Waals surface area contributed by atoms with Gasteiger partial charge in [0.2, 0.25) is 5.91 Å². The number of carbonyl (C=O) groups is 1. The van der Waals surface area contributed by atoms with Crippen molar-refractivity contribution in [2.45, 2.75) is 77.2 Å². The number of nitrogens with zero attached hydrogens (tertiary/aromatic N) is 5. The first-order valence-corrected chi connectivity index (χ1v) is 12.1. The zero-order valence-corrected chi connectivity index (χ0v) is 18.6. The van der Waals surface area contributed by atoms with Crippen molar-refractivity contribution in [3.63, 3.8) is 0 Å². The Hall–Kier alpha value is -2.28. The summed E-state index contributed by atoms with van der Waals surface area (Å²) >= 11 is 0. The predicted molar refractivity (Wildman–Crippen MR) is 120 cm³/mol. The van der Waals surface area contributed by atoms with Crippen molar-refractivity contribution in [1.82, 2.24) is 24.8 Å². The highest BCUT2D eigenvalue weighted by molar-refractivity contribution is 5.95. The van der Waals surface area contributed by atoms with Crippen LogP contribution < -0.4 is 4.90 Å². The number of amides is 1. The average molecular weight is 423 g/mol. The van der Waals surface area contributed by atoms with E-state index in [9.17, 15) is 4.79 Å². The van der Waals surface area contributed by atoms with Crippen molar-refractivity contribution < 1.29 is 4.79 Å². The van der Waals surface area contributed by atoms with E-state index in [1.165, 1.54) is 37.7 Å². The molecule has 0 radical (unpaired) electrons. The molecule has 7 heteroatoms. The quantitative estimate of drug-likeness (QED) is 0.794. The first kappa shape index (κ1) is 20.6. The van der Waals surface area contributed by atoms with E-state index in [4.69, 9.17) is 9.97 Å². The second-order valence-electron chi connectivity index (χ2n) is 9.56. The van der Waals surface area contributed by atoms with Gasteiger partial charge in [0.05, 0.1) is 6.54 Å². The van der Waals surface area contributed by atoms with Crippen LogP contribution in [0, 0.1) is 12.8 Å². The van der Waals surface area contributed by atoms with Gasteiger partial charge in [-0.05, 0) is 58.0 Å². The van der Waals surface area contributed by atoms with Gasteiger partial charge in [-0.15, -0.1) is 0 Å². The Morgan fingerprint density at radius 1 is 1.06 bits per heavy atom. The first-order valence-electron chi connectivity index (χ1n) is 12.1. The molecule has 2 aromatic rings.